The summed E-state index contributed by atoms with van der Waals surface area (Å²) in [4.78, 5) is 12.3. The molecule has 0 unspecified atom stereocenters. The van der Waals surface area contributed by atoms with Gasteiger partial charge in [-0.3, -0.25) is 4.98 Å². The van der Waals surface area contributed by atoms with Crippen LogP contribution in [0.5, 0.6) is 0 Å². The number of fused-ring (bicyclic) bond motifs is 1. The van der Waals surface area contributed by atoms with Crippen LogP contribution in [0, 0.1) is 0 Å². The van der Waals surface area contributed by atoms with Crippen molar-refractivity contribution in [3.63, 3.8) is 0 Å². The van der Waals surface area contributed by atoms with Gasteiger partial charge in [-0.1, -0.05) is 87.8 Å². The minimum absolute atomic E-state index is 0.378. The highest BCUT2D eigenvalue weighted by molar-refractivity contribution is 6.76. The summed E-state index contributed by atoms with van der Waals surface area (Å²) in [5, 5.41) is 4.90. The fourth-order valence-electron chi connectivity index (χ4n) is 5.53. The second-order valence-corrected chi connectivity index (χ2v) is 26.1. The number of nitrogens with zero attached hydrogens (tertiary/aromatic N) is 5. The van der Waals surface area contributed by atoms with Crippen LogP contribution >= 0.6 is 0 Å². The van der Waals surface area contributed by atoms with Crippen LogP contribution in [0.1, 0.15) is 37.3 Å². The van der Waals surface area contributed by atoms with Gasteiger partial charge < -0.3 is 14.4 Å². The van der Waals surface area contributed by atoms with Gasteiger partial charge >= 0.3 is 0 Å². The van der Waals surface area contributed by atoms with Crippen LogP contribution in [0.15, 0.2) is 73.1 Å². The predicted octanol–water partition coefficient (Wildman–Crippen LogP) is 9.10. The van der Waals surface area contributed by atoms with Gasteiger partial charge in [0, 0.05) is 69.9 Å². The van der Waals surface area contributed by atoms with E-state index in [0.717, 1.165) is 90.5 Å². The summed E-state index contributed by atoms with van der Waals surface area (Å²) in [5.74, 6) is 1.34. The molecule has 1 fully saturated rings. The third kappa shape index (κ3) is 9.22. The third-order valence-corrected chi connectivity index (χ3v) is 11.9. The molecular weight excluding hydrogens is 591 g/mol. The van der Waals surface area contributed by atoms with Crippen molar-refractivity contribution in [1.29, 1.82) is 0 Å². The summed E-state index contributed by atoms with van der Waals surface area (Å²) in [6.45, 7) is 21.0. The molecule has 1 aliphatic rings. The zero-order valence-electron chi connectivity index (χ0n) is 28.2. The van der Waals surface area contributed by atoms with E-state index >= 15 is 0 Å². The molecule has 1 aromatic carbocycles. The van der Waals surface area contributed by atoms with E-state index in [-0.39, 0.29) is 0 Å². The van der Waals surface area contributed by atoms with Gasteiger partial charge in [0.15, 0.2) is 5.65 Å². The van der Waals surface area contributed by atoms with Crippen molar-refractivity contribution < 1.29 is 9.47 Å². The molecule has 0 atom stereocenters. The lowest BCUT2D eigenvalue weighted by atomic mass is 9.84. The SMILES string of the molecule is C=C1CCC(c2cc(N(COCC[Si](C)(C)C)COCC[Si](C)(C)C)n3ncc(-c4ccc(-c5ccccc5)nc4)c3n2)CC1. The normalized spacial score (nSPS) is 14.8. The van der Waals surface area contributed by atoms with E-state index < -0.39 is 16.1 Å². The largest absolute Gasteiger partial charge is 0.361 e. The van der Waals surface area contributed by atoms with E-state index in [1.807, 2.05) is 35.1 Å². The van der Waals surface area contributed by atoms with Gasteiger partial charge in [-0.15, -0.1) is 0 Å². The van der Waals surface area contributed by atoms with Gasteiger partial charge in [0.1, 0.15) is 19.3 Å². The minimum Gasteiger partial charge on any atom is -0.361 e. The Morgan fingerprint density at radius 2 is 1.49 bits per heavy atom. The first kappa shape index (κ1) is 33.3. The molecule has 0 N–H and O–H groups in total. The highest BCUT2D eigenvalue weighted by atomic mass is 28.3. The molecule has 9 heteroatoms. The first-order valence-electron chi connectivity index (χ1n) is 16.4. The molecule has 0 radical (unpaired) electrons. The summed E-state index contributed by atoms with van der Waals surface area (Å²) < 4.78 is 14.6. The number of aromatic nitrogens is 4. The van der Waals surface area contributed by atoms with Crippen LogP contribution in [0.25, 0.3) is 28.0 Å². The van der Waals surface area contributed by atoms with Gasteiger partial charge in [-0.25, -0.2) is 4.98 Å². The number of rotatable bonds is 14. The van der Waals surface area contributed by atoms with E-state index in [1.54, 1.807) is 0 Å². The van der Waals surface area contributed by atoms with E-state index in [1.165, 1.54) is 5.57 Å². The molecule has 240 valence electrons. The van der Waals surface area contributed by atoms with E-state index in [9.17, 15) is 0 Å². The average molecular weight is 642 g/mol. The van der Waals surface area contributed by atoms with Gasteiger partial charge in [0.05, 0.1) is 11.9 Å². The lowest BCUT2D eigenvalue weighted by Crippen LogP contribution is -2.33. The molecule has 1 saturated carbocycles. The quantitative estimate of drug-likeness (QED) is 0.0592. The van der Waals surface area contributed by atoms with Crippen LogP contribution in [-0.4, -0.2) is 62.4 Å². The molecule has 4 aromatic rings. The molecule has 0 aliphatic heterocycles. The van der Waals surface area contributed by atoms with Crippen LogP contribution in [0.2, 0.25) is 51.4 Å². The van der Waals surface area contributed by atoms with Gasteiger partial charge in [0.2, 0.25) is 0 Å². The van der Waals surface area contributed by atoms with Crippen LogP contribution in [-0.2, 0) is 9.47 Å². The summed E-state index contributed by atoms with van der Waals surface area (Å²) in [6, 6.07) is 19.0. The Balaban J connectivity index is 1.51. The molecule has 3 heterocycles. The Morgan fingerprint density at radius 1 is 0.844 bits per heavy atom. The fraction of sp³-hybridized carbons (Fsp3) is 0.472. The van der Waals surface area contributed by atoms with Crippen molar-refractivity contribution in [3.05, 3.63) is 78.8 Å². The molecule has 0 amide bonds. The van der Waals surface area contributed by atoms with E-state index in [2.05, 4.69) is 81.1 Å². The zero-order chi connectivity index (χ0) is 32.0. The monoisotopic (exact) mass is 641 g/mol. The Bertz CT molecular complexity index is 1530. The van der Waals surface area contributed by atoms with Crippen molar-refractivity contribution in [1.82, 2.24) is 19.6 Å². The average Bonchev–Trinajstić information content (AvgIpc) is 3.44. The molecule has 5 rings (SSSR count). The molecule has 1 aliphatic carbocycles. The van der Waals surface area contributed by atoms with Crippen LogP contribution < -0.4 is 4.90 Å². The Labute approximate surface area is 271 Å². The number of ether oxygens (including phenoxy) is 2. The summed E-state index contributed by atoms with van der Waals surface area (Å²) in [6.07, 6.45) is 8.10. The van der Waals surface area contributed by atoms with E-state index in [0.29, 0.717) is 19.4 Å². The van der Waals surface area contributed by atoms with Crippen molar-refractivity contribution in [3.8, 4) is 22.4 Å². The second kappa shape index (κ2) is 14.5. The standard InChI is InChI=1S/C36H51N5O2Si2/c1-28-13-15-30(16-14-28)34-23-35(40(26-42-19-21-44(2,3)4)27-43-20-22-45(5,6)7)41-36(39-34)32(25-38-41)31-17-18-33(37-24-31)29-11-9-8-10-12-29/h8-12,17-18,23-25,30H,1,13-16,19-22,26-27H2,2-7H3. The zero-order valence-corrected chi connectivity index (χ0v) is 30.2. The predicted molar refractivity (Wildman–Crippen MR) is 192 cm³/mol. The number of allylic oxidation sites excluding steroid dienone is 1. The maximum atomic E-state index is 6.33. The fourth-order valence-corrected chi connectivity index (χ4v) is 7.05. The summed E-state index contributed by atoms with van der Waals surface area (Å²) in [7, 11) is -2.42. The van der Waals surface area contributed by atoms with Crippen molar-refractivity contribution in [2.24, 2.45) is 0 Å². The molecule has 0 bridgehead atoms. The summed E-state index contributed by atoms with van der Waals surface area (Å²) >= 11 is 0. The highest BCUT2D eigenvalue weighted by Crippen LogP contribution is 2.37. The lowest BCUT2D eigenvalue weighted by molar-refractivity contribution is 0.0942. The molecule has 0 spiro atoms. The second-order valence-electron chi connectivity index (χ2n) is 14.9. The Morgan fingerprint density at radius 3 is 2.07 bits per heavy atom. The first-order valence-corrected chi connectivity index (χ1v) is 23.9. The van der Waals surface area contributed by atoms with Crippen LogP contribution in [0.4, 0.5) is 5.82 Å². The molecule has 45 heavy (non-hydrogen) atoms. The number of benzene rings is 1. The van der Waals surface area contributed by atoms with Crippen molar-refractivity contribution >= 4 is 27.6 Å². The summed E-state index contributed by atoms with van der Waals surface area (Å²) in [5.41, 5.74) is 7.32. The minimum atomic E-state index is -1.21. The van der Waals surface area contributed by atoms with Crippen molar-refractivity contribution in [2.75, 3.05) is 31.6 Å². The number of hydrogen-bond donors (Lipinski definition) is 0. The van der Waals surface area contributed by atoms with E-state index in [4.69, 9.17) is 24.5 Å². The Kier molecular flexibility index (Phi) is 10.7. The highest BCUT2D eigenvalue weighted by Gasteiger charge is 2.24. The molecule has 0 saturated heterocycles. The molecule has 3 aromatic heterocycles. The lowest BCUT2D eigenvalue weighted by Gasteiger charge is -2.28. The smallest absolute Gasteiger partial charge is 0.165 e. The number of pyridine rings is 1. The topological polar surface area (TPSA) is 64.8 Å². The maximum absolute atomic E-state index is 6.33. The van der Waals surface area contributed by atoms with Gasteiger partial charge in [-0.2, -0.15) is 9.61 Å². The first-order chi connectivity index (χ1) is 21.5. The third-order valence-electron chi connectivity index (χ3n) is 8.54. The van der Waals surface area contributed by atoms with Gasteiger partial charge in [0.25, 0.3) is 0 Å². The van der Waals surface area contributed by atoms with Gasteiger partial charge in [-0.05, 0) is 43.8 Å². The Hall–Kier alpha value is -3.12. The van der Waals surface area contributed by atoms with Crippen LogP contribution in [0.3, 0.4) is 0 Å². The molecule has 7 nitrogen and oxygen atoms in total. The molecular formula is C36H51N5O2Si2. The van der Waals surface area contributed by atoms with Crippen molar-refractivity contribution in [2.45, 2.75) is 83.0 Å². The number of hydrogen-bond acceptors (Lipinski definition) is 6. The maximum Gasteiger partial charge on any atom is 0.165 e. The number of anilines is 1.